The van der Waals surface area contributed by atoms with E-state index in [0.717, 1.165) is 23.2 Å². The molecule has 0 saturated carbocycles. The molecule has 14 heavy (non-hydrogen) atoms. The minimum atomic E-state index is 0.503. The van der Waals surface area contributed by atoms with E-state index in [0.29, 0.717) is 6.04 Å². The van der Waals surface area contributed by atoms with Crippen LogP contribution in [0.4, 0.5) is 5.69 Å². The molecule has 3 heteroatoms. The summed E-state index contributed by atoms with van der Waals surface area (Å²) in [5.41, 5.74) is 1.19. The molecule has 2 rings (SSSR count). The molecule has 0 N–H and O–H groups in total. The van der Waals surface area contributed by atoms with Gasteiger partial charge in [0.2, 0.25) is 0 Å². The summed E-state index contributed by atoms with van der Waals surface area (Å²) in [5.74, 6) is 0.978. The van der Waals surface area contributed by atoms with Gasteiger partial charge in [0.15, 0.2) is 0 Å². The van der Waals surface area contributed by atoms with E-state index in [4.69, 9.17) is 4.74 Å². The van der Waals surface area contributed by atoms with Crippen molar-refractivity contribution in [3.8, 4) is 5.75 Å². The fourth-order valence-electron chi connectivity index (χ4n) is 1.78. The van der Waals surface area contributed by atoms with Crippen molar-refractivity contribution in [2.75, 3.05) is 18.6 Å². The van der Waals surface area contributed by atoms with Gasteiger partial charge < -0.3 is 9.64 Å². The lowest BCUT2D eigenvalue weighted by atomic mass is 10.1. The fourth-order valence-corrected chi connectivity index (χ4v) is 2.12. The summed E-state index contributed by atoms with van der Waals surface area (Å²) in [4.78, 5) is 2.30. The van der Waals surface area contributed by atoms with Crippen LogP contribution in [0.3, 0.4) is 0 Å². The number of ether oxygens (including phenoxy) is 1. The van der Waals surface area contributed by atoms with Gasteiger partial charge in [-0.25, -0.2) is 0 Å². The van der Waals surface area contributed by atoms with Gasteiger partial charge in [-0.15, -0.1) is 0 Å². The Morgan fingerprint density at radius 2 is 2.36 bits per heavy atom. The Balaban J connectivity index is 2.36. The highest BCUT2D eigenvalue weighted by atomic mass is 79.9. The van der Waals surface area contributed by atoms with Gasteiger partial charge in [0.25, 0.3) is 0 Å². The number of anilines is 1. The van der Waals surface area contributed by atoms with Crippen molar-refractivity contribution in [1.29, 1.82) is 0 Å². The van der Waals surface area contributed by atoms with Crippen LogP contribution in [0, 0.1) is 0 Å². The number of halogens is 1. The lowest BCUT2D eigenvalue weighted by Crippen LogP contribution is -2.39. The van der Waals surface area contributed by atoms with E-state index in [1.165, 1.54) is 5.69 Å². The Hall–Kier alpha value is -0.700. The van der Waals surface area contributed by atoms with Gasteiger partial charge in [0.1, 0.15) is 12.4 Å². The summed E-state index contributed by atoms with van der Waals surface area (Å²) in [6.45, 7) is 2.98. The van der Waals surface area contributed by atoms with E-state index < -0.39 is 0 Å². The van der Waals surface area contributed by atoms with Gasteiger partial charge in [-0.2, -0.15) is 0 Å². The molecule has 0 amide bonds. The first kappa shape index (κ1) is 9.84. The first-order valence-corrected chi connectivity index (χ1v) is 5.67. The van der Waals surface area contributed by atoms with Gasteiger partial charge in [0.05, 0.1) is 11.7 Å². The summed E-state index contributed by atoms with van der Waals surface area (Å²) < 4.78 is 6.78. The Kier molecular flexibility index (Phi) is 2.68. The van der Waals surface area contributed by atoms with Gasteiger partial charge >= 0.3 is 0 Å². The molecule has 0 saturated heterocycles. The molecule has 1 aliphatic heterocycles. The number of rotatable bonds is 1. The number of hydrogen-bond donors (Lipinski definition) is 0. The summed E-state index contributed by atoms with van der Waals surface area (Å²) in [6.07, 6.45) is 1.12. The Morgan fingerprint density at radius 1 is 1.57 bits per heavy atom. The fraction of sp³-hybridized carbons (Fsp3) is 0.455. The minimum Gasteiger partial charge on any atom is -0.489 e. The van der Waals surface area contributed by atoms with Gasteiger partial charge in [-0.05, 0) is 24.6 Å². The van der Waals surface area contributed by atoms with Gasteiger partial charge in [0, 0.05) is 11.5 Å². The maximum atomic E-state index is 5.71. The average Bonchev–Trinajstić information content (AvgIpc) is 2.18. The van der Waals surface area contributed by atoms with E-state index in [9.17, 15) is 0 Å². The maximum absolute atomic E-state index is 5.71. The second-order valence-corrected chi connectivity index (χ2v) is 4.51. The van der Waals surface area contributed by atoms with E-state index >= 15 is 0 Å². The van der Waals surface area contributed by atoms with Crippen molar-refractivity contribution in [1.82, 2.24) is 0 Å². The molecule has 0 aliphatic carbocycles. The number of hydrogen-bond acceptors (Lipinski definition) is 2. The smallest absolute Gasteiger partial charge is 0.143 e. The SMILES string of the molecule is CCC1COc2cc(Br)ccc2N1C. The monoisotopic (exact) mass is 255 g/mol. The molecule has 0 bridgehead atoms. The highest BCUT2D eigenvalue weighted by Gasteiger charge is 2.22. The maximum Gasteiger partial charge on any atom is 0.143 e. The molecule has 1 aromatic carbocycles. The summed E-state index contributed by atoms with van der Waals surface area (Å²) >= 11 is 3.44. The van der Waals surface area contributed by atoms with Crippen molar-refractivity contribution in [3.05, 3.63) is 22.7 Å². The molecule has 1 unspecified atom stereocenters. The molecular formula is C11H14BrNO. The van der Waals surface area contributed by atoms with Crippen LogP contribution in [0.15, 0.2) is 22.7 Å². The van der Waals surface area contributed by atoms with Crippen LogP contribution >= 0.6 is 15.9 Å². The Morgan fingerprint density at radius 3 is 3.07 bits per heavy atom. The highest BCUT2D eigenvalue weighted by molar-refractivity contribution is 9.10. The van der Waals surface area contributed by atoms with Crippen LogP contribution in [0.5, 0.6) is 5.75 Å². The van der Waals surface area contributed by atoms with E-state index in [1.807, 2.05) is 6.07 Å². The third-order valence-electron chi connectivity index (χ3n) is 2.75. The largest absolute Gasteiger partial charge is 0.489 e. The van der Waals surface area contributed by atoms with Crippen molar-refractivity contribution < 1.29 is 4.74 Å². The molecule has 1 heterocycles. The topological polar surface area (TPSA) is 12.5 Å². The Bertz CT molecular complexity index is 340. The standard InChI is InChI=1S/C11H14BrNO/c1-3-9-7-14-11-6-8(12)4-5-10(11)13(9)2/h4-6,9H,3,7H2,1-2H3. The summed E-state index contributed by atoms with van der Waals surface area (Å²) in [6, 6.07) is 6.68. The molecular weight excluding hydrogens is 242 g/mol. The summed E-state index contributed by atoms with van der Waals surface area (Å²) in [5, 5.41) is 0. The zero-order valence-electron chi connectivity index (χ0n) is 8.46. The minimum absolute atomic E-state index is 0.503. The quantitative estimate of drug-likeness (QED) is 0.765. The first-order chi connectivity index (χ1) is 6.72. The normalized spacial score (nSPS) is 20.2. The molecule has 76 valence electrons. The van der Waals surface area contributed by atoms with Crippen LogP contribution in [0.25, 0.3) is 0 Å². The number of benzene rings is 1. The van der Waals surface area contributed by atoms with Gasteiger partial charge in [-0.3, -0.25) is 0 Å². The predicted molar refractivity (Wildman–Crippen MR) is 62.1 cm³/mol. The molecule has 0 aromatic heterocycles. The molecule has 2 nitrogen and oxygen atoms in total. The van der Waals surface area contributed by atoms with Crippen LogP contribution in [0.2, 0.25) is 0 Å². The lowest BCUT2D eigenvalue weighted by Gasteiger charge is -2.35. The highest BCUT2D eigenvalue weighted by Crippen LogP contribution is 2.35. The number of likely N-dealkylation sites (N-methyl/N-ethyl adjacent to an activating group) is 1. The van der Waals surface area contributed by atoms with Crippen LogP contribution in [0.1, 0.15) is 13.3 Å². The number of nitrogens with zero attached hydrogens (tertiary/aromatic N) is 1. The van der Waals surface area contributed by atoms with Crippen molar-refractivity contribution in [2.24, 2.45) is 0 Å². The van der Waals surface area contributed by atoms with E-state index in [2.05, 4.69) is 46.9 Å². The molecule has 0 fully saturated rings. The van der Waals surface area contributed by atoms with E-state index in [1.54, 1.807) is 0 Å². The number of fused-ring (bicyclic) bond motifs is 1. The molecule has 1 aromatic rings. The first-order valence-electron chi connectivity index (χ1n) is 4.87. The third kappa shape index (κ3) is 1.61. The van der Waals surface area contributed by atoms with Crippen molar-refractivity contribution >= 4 is 21.6 Å². The predicted octanol–water partition coefficient (Wildman–Crippen LogP) is 3.06. The third-order valence-corrected chi connectivity index (χ3v) is 3.25. The van der Waals surface area contributed by atoms with Crippen molar-refractivity contribution in [2.45, 2.75) is 19.4 Å². The second-order valence-electron chi connectivity index (χ2n) is 3.60. The van der Waals surface area contributed by atoms with E-state index in [-0.39, 0.29) is 0 Å². The Labute approximate surface area is 93.0 Å². The second kappa shape index (κ2) is 3.81. The summed E-state index contributed by atoms with van der Waals surface area (Å²) in [7, 11) is 2.13. The zero-order chi connectivity index (χ0) is 10.1. The molecule has 0 radical (unpaired) electrons. The zero-order valence-corrected chi connectivity index (χ0v) is 10.0. The van der Waals surface area contributed by atoms with Crippen LogP contribution in [-0.4, -0.2) is 19.7 Å². The molecule has 0 spiro atoms. The molecule has 1 atom stereocenters. The molecule has 1 aliphatic rings. The van der Waals surface area contributed by atoms with Crippen LogP contribution < -0.4 is 9.64 Å². The average molecular weight is 256 g/mol. The van der Waals surface area contributed by atoms with Crippen LogP contribution in [-0.2, 0) is 0 Å². The van der Waals surface area contributed by atoms with Crippen molar-refractivity contribution in [3.63, 3.8) is 0 Å². The lowest BCUT2D eigenvalue weighted by molar-refractivity contribution is 0.263. The van der Waals surface area contributed by atoms with Gasteiger partial charge in [-0.1, -0.05) is 22.9 Å².